The number of methoxy groups -OCH3 is 1. The fourth-order valence-electron chi connectivity index (χ4n) is 2.15. The second-order valence-corrected chi connectivity index (χ2v) is 6.80. The average molecular weight is 391 g/mol. The number of rotatable bonds is 8. The summed E-state index contributed by atoms with van der Waals surface area (Å²) in [5.74, 6) is 0.625. The molecular formula is C20H23ClN2O4. The smallest absolute Gasteiger partial charge is 0.239 e. The van der Waals surface area contributed by atoms with E-state index in [1.54, 1.807) is 69.5 Å². The quantitative estimate of drug-likeness (QED) is 0.534. The van der Waals surface area contributed by atoms with Gasteiger partial charge in [0.05, 0.1) is 13.7 Å². The molecule has 0 saturated heterocycles. The maximum absolute atomic E-state index is 12.4. The number of carbonyl (C=O) groups is 2. The van der Waals surface area contributed by atoms with Gasteiger partial charge in [-0.05, 0) is 62.4 Å². The molecule has 0 spiro atoms. The Morgan fingerprint density at radius 3 is 2.15 bits per heavy atom. The summed E-state index contributed by atoms with van der Waals surface area (Å²) in [6, 6.07) is 13.8. The number of anilines is 1. The molecule has 2 N–H and O–H groups in total. The van der Waals surface area contributed by atoms with Crippen LogP contribution in [0.4, 0.5) is 5.69 Å². The van der Waals surface area contributed by atoms with Crippen LogP contribution in [-0.4, -0.2) is 32.1 Å². The summed E-state index contributed by atoms with van der Waals surface area (Å²) in [6.07, 6.45) is 0. The lowest BCUT2D eigenvalue weighted by molar-refractivity contribution is -0.138. The molecule has 0 aliphatic carbocycles. The number of nitrogens with one attached hydrogen (secondary N) is 2. The third kappa shape index (κ3) is 5.89. The Hall–Kier alpha value is -2.73. The Bertz CT molecular complexity index is 774. The van der Waals surface area contributed by atoms with E-state index in [9.17, 15) is 9.59 Å². The van der Waals surface area contributed by atoms with E-state index >= 15 is 0 Å². The van der Waals surface area contributed by atoms with E-state index in [1.165, 1.54) is 0 Å². The van der Waals surface area contributed by atoms with Crippen molar-refractivity contribution in [3.05, 3.63) is 53.6 Å². The topological polar surface area (TPSA) is 76.7 Å². The zero-order chi connectivity index (χ0) is 19.9. The highest BCUT2D eigenvalue weighted by Crippen LogP contribution is 2.20. The van der Waals surface area contributed by atoms with Gasteiger partial charge in [0.2, 0.25) is 11.8 Å². The van der Waals surface area contributed by atoms with Gasteiger partial charge in [0.25, 0.3) is 0 Å². The number of amides is 2. The van der Waals surface area contributed by atoms with E-state index in [-0.39, 0.29) is 19.1 Å². The Morgan fingerprint density at radius 1 is 0.963 bits per heavy atom. The number of carbonyl (C=O) groups excluding carboxylic acids is 2. The highest BCUT2D eigenvalue weighted by atomic mass is 35.5. The molecule has 0 saturated carbocycles. The van der Waals surface area contributed by atoms with Crippen LogP contribution in [0.3, 0.4) is 0 Å². The molecule has 0 unspecified atom stereocenters. The molecule has 6 nitrogen and oxygen atoms in total. The largest absolute Gasteiger partial charge is 0.497 e. The summed E-state index contributed by atoms with van der Waals surface area (Å²) >= 11 is 5.82. The van der Waals surface area contributed by atoms with Crippen molar-refractivity contribution in [2.45, 2.75) is 13.8 Å². The molecule has 0 aromatic heterocycles. The number of ether oxygens (including phenoxy) is 2. The third-order valence-electron chi connectivity index (χ3n) is 3.95. The van der Waals surface area contributed by atoms with Crippen LogP contribution in [0.1, 0.15) is 13.8 Å². The van der Waals surface area contributed by atoms with Gasteiger partial charge >= 0.3 is 0 Å². The molecule has 0 aliphatic heterocycles. The Labute approximate surface area is 163 Å². The van der Waals surface area contributed by atoms with E-state index in [0.29, 0.717) is 16.5 Å². The lowest BCUT2D eigenvalue weighted by Crippen LogP contribution is -2.46. The highest BCUT2D eigenvalue weighted by molar-refractivity contribution is 6.30. The van der Waals surface area contributed by atoms with Gasteiger partial charge in [0.15, 0.2) is 0 Å². The van der Waals surface area contributed by atoms with Crippen LogP contribution in [0.5, 0.6) is 11.5 Å². The maximum Gasteiger partial charge on any atom is 0.239 e. The van der Waals surface area contributed by atoms with Crippen LogP contribution in [0.15, 0.2) is 48.5 Å². The molecule has 0 aliphatic rings. The number of halogens is 1. The SMILES string of the molecule is COc1ccc(OCCNC(=O)C(C)(C)C(=O)Nc2ccc(Cl)cc2)cc1. The molecule has 2 aromatic rings. The Kier molecular flexibility index (Phi) is 7.07. The van der Waals surface area contributed by atoms with E-state index in [2.05, 4.69) is 10.6 Å². The molecule has 2 amide bonds. The molecule has 2 rings (SSSR count). The summed E-state index contributed by atoms with van der Waals surface area (Å²) in [5.41, 5.74) is -0.659. The van der Waals surface area contributed by atoms with Crippen molar-refractivity contribution in [3.8, 4) is 11.5 Å². The Morgan fingerprint density at radius 2 is 1.56 bits per heavy atom. The lowest BCUT2D eigenvalue weighted by atomic mass is 9.91. The molecule has 0 heterocycles. The first kappa shape index (κ1) is 20.6. The molecule has 0 atom stereocenters. The first-order chi connectivity index (χ1) is 12.8. The molecule has 0 fully saturated rings. The van der Waals surface area contributed by atoms with Crippen molar-refractivity contribution in [2.24, 2.45) is 5.41 Å². The summed E-state index contributed by atoms with van der Waals surface area (Å²) in [7, 11) is 1.59. The molecule has 0 bridgehead atoms. The van der Waals surface area contributed by atoms with Crippen LogP contribution >= 0.6 is 11.6 Å². The fraction of sp³-hybridized carbons (Fsp3) is 0.300. The number of hydrogen-bond acceptors (Lipinski definition) is 4. The highest BCUT2D eigenvalue weighted by Gasteiger charge is 2.35. The fourth-order valence-corrected chi connectivity index (χ4v) is 2.28. The minimum atomic E-state index is -1.24. The van der Waals surface area contributed by atoms with Gasteiger partial charge in [-0.25, -0.2) is 0 Å². The van der Waals surface area contributed by atoms with Crippen LogP contribution in [-0.2, 0) is 9.59 Å². The van der Waals surface area contributed by atoms with Gasteiger partial charge in [-0.15, -0.1) is 0 Å². The van der Waals surface area contributed by atoms with Crippen molar-refractivity contribution in [1.82, 2.24) is 5.32 Å². The monoisotopic (exact) mass is 390 g/mol. The lowest BCUT2D eigenvalue weighted by Gasteiger charge is -2.22. The maximum atomic E-state index is 12.4. The van der Waals surface area contributed by atoms with Crippen molar-refractivity contribution < 1.29 is 19.1 Å². The standard InChI is InChI=1S/C20H23ClN2O4/c1-20(2,19(25)23-15-6-4-14(21)5-7-15)18(24)22-12-13-27-17-10-8-16(26-3)9-11-17/h4-11H,12-13H2,1-3H3,(H,22,24)(H,23,25). The Balaban J connectivity index is 1.80. The van der Waals surface area contributed by atoms with Gasteiger partial charge in [-0.1, -0.05) is 11.6 Å². The van der Waals surface area contributed by atoms with Crippen molar-refractivity contribution in [3.63, 3.8) is 0 Å². The first-order valence-corrected chi connectivity index (χ1v) is 8.83. The molecule has 27 heavy (non-hydrogen) atoms. The van der Waals surface area contributed by atoms with Gasteiger partial charge in [0.1, 0.15) is 23.5 Å². The van der Waals surface area contributed by atoms with E-state index in [1.807, 2.05) is 0 Å². The summed E-state index contributed by atoms with van der Waals surface area (Å²) in [4.78, 5) is 24.8. The summed E-state index contributed by atoms with van der Waals surface area (Å²) in [6.45, 7) is 3.70. The molecule has 2 aromatic carbocycles. The minimum absolute atomic E-state index is 0.280. The van der Waals surface area contributed by atoms with Gasteiger partial charge in [0, 0.05) is 10.7 Å². The summed E-state index contributed by atoms with van der Waals surface area (Å²) in [5, 5.41) is 6.01. The van der Waals surface area contributed by atoms with Crippen molar-refractivity contribution >= 4 is 29.1 Å². The predicted octanol–water partition coefficient (Wildman–Crippen LogP) is 3.51. The second-order valence-electron chi connectivity index (χ2n) is 6.37. The molecule has 144 valence electrons. The van der Waals surface area contributed by atoms with Crippen molar-refractivity contribution in [2.75, 3.05) is 25.6 Å². The van der Waals surface area contributed by atoms with Crippen LogP contribution in [0, 0.1) is 5.41 Å². The molecular weight excluding hydrogens is 368 g/mol. The van der Waals surface area contributed by atoms with E-state index in [4.69, 9.17) is 21.1 Å². The molecule has 7 heteroatoms. The zero-order valence-corrected chi connectivity index (χ0v) is 16.3. The van der Waals surface area contributed by atoms with E-state index in [0.717, 1.165) is 5.75 Å². The number of benzene rings is 2. The predicted molar refractivity (Wildman–Crippen MR) is 105 cm³/mol. The van der Waals surface area contributed by atoms with E-state index < -0.39 is 11.3 Å². The first-order valence-electron chi connectivity index (χ1n) is 8.45. The molecule has 0 radical (unpaired) electrons. The minimum Gasteiger partial charge on any atom is -0.497 e. The van der Waals surface area contributed by atoms with Crippen LogP contribution in [0.25, 0.3) is 0 Å². The van der Waals surface area contributed by atoms with Crippen LogP contribution < -0.4 is 20.1 Å². The average Bonchev–Trinajstić information content (AvgIpc) is 2.67. The van der Waals surface area contributed by atoms with Gasteiger partial charge in [-0.2, -0.15) is 0 Å². The van der Waals surface area contributed by atoms with Crippen LogP contribution in [0.2, 0.25) is 5.02 Å². The zero-order valence-electron chi connectivity index (χ0n) is 15.5. The summed E-state index contributed by atoms with van der Waals surface area (Å²) < 4.78 is 10.6. The van der Waals surface area contributed by atoms with Gasteiger partial charge < -0.3 is 20.1 Å². The van der Waals surface area contributed by atoms with Crippen molar-refractivity contribution in [1.29, 1.82) is 0 Å². The number of hydrogen-bond donors (Lipinski definition) is 2. The second kappa shape index (κ2) is 9.28. The van der Waals surface area contributed by atoms with Gasteiger partial charge in [-0.3, -0.25) is 9.59 Å². The normalized spacial score (nSPS) is 10.8. The third-order valence-corrected chi connectivity index (χ3v) is 4.21.